The lowest BCUT2D eigenvalue weighted by atomic mass is 10.0. The number of fused-ring (bicyclic) bond motifs is 3. The van der Waals surface area contributed by atoms with Gasteiger partial charge in [0.2, 0.25) is 0 Å². The summed E-state index contributed by atoms with van der Waals surface area (Å²) in [5.41, 5.74) is 7.22. The molecule has 0 aromatic heterocycles. The minimum absolute atomic E-state index is 0.204. The average molecular weight is 272 g/mol. The molecule has 0 radical (unpaired) electrons. The van der Waals surface area contributed by atoms with Crippen molar-refractivity contribution in [2.75, 3.05) is 0 Å². The molecule has 0 N–H and O–H groups in total. The second-order valence-electron chi connectivity index (χ2n) is 5.20. The molecule has 0 unspecified atom stereocenters. The van der Waals surface area contributed by atoms with Gasteiger partial charge in [0.1, 0.15) is 5.82 Å². The normalized spacial score (nSPS) is 12.0. The Balaban J connectivity index is 1.94. The van der Waals surface area contributed by atoms with Crippen molar-refractivity contribution in [3.05, 3.63) is 95.3 Å². The van der Waals surface area contributed by atoms with Crippen LogP contribution in [0.25, 0.3) is 22.8 Å². The zero-order valence-electron chi connectivity index (χ0n) is 11.4. The van der Waals surface area contributed by atoms with Gasteiger partial charge in [-0.05, 0) is 51.6 Å². The van der Waals surface area contributed by atoms with Gasteiger partial charge in [-0.25, -0.2) is 4.39 Å². The fourth-order valence-corrected chi connectivity index (χ4v) is 2.93. The lowest BCUT2D eigenvalue weighted by molar-refractivity contribution is 0.628. The Morgan fingerprint density at radius 1 is 0.571 bits per heavy atom. The first-order chi connectivity index (χ1) is 10.3. The molecular weight excluding hydrogens is 259 g/mol. The van der Waals surface area contributed by atoms with Crippen LogP contribution in [-0.4, -0.2) is 0 Å². The van der Waals surface area contributed by atoms with Crippen molar-refractivity contribution in [2.24, 2.45) is 0 Å². The molecule has 0 saturated carbocycles. The lowest BCUT2D eigenvalue weighted by Crippen LogP contribution is -1.82. The van der Waals surface area contributed by atoms with Gasteiger partial charge in [-0.2, -0.15) is 0 Å². The largest absolute Gasteiger partial charge is 0.207 e. The molecule has 0 bridgehead atoms. The summed E-state index contributed by atoms with van der Waals surface area (Å²) in [6, 6.07) is 23.5. The summed E-state index contributed by atoms with van der Waals surface area (Å²) in [5.74, 6) is -0.204. The highest BCUT2D eigenvalue weighted by Crippen LogP contribution is 2.44. The highest BCUT2D eigenvalue weighted by molar-refractivity contribution is 6.06. The van der Waals surface area contributed by atoms with Gasteiger partial charge in [-0.1, -0.05) is 60.7 Å². The van der Waals surface area contributed by atoms with Gasteiger partial charge in [0, 0.05) is 0 Å². The molecule has 21 heavy (non-hydrogen) atoms. The van der Waals surface area contributed by atoms with Crippen LogP contribution in [0.2, 0.25) is 0 Å². The molecule has 3 aromatic carbocycles. The van der Waals surface area contributed by atoms with Crippen molar-refractivity contribution >= 4 is 11.6 Å². The molecule has 0 atom stereocenters. The summed E-state index contributed by atoms with van der Waals surface area (Å²) in [6.45, 7) is 0. The second-order valence-corrected chi connectivity index (χ2v) is 5.20. The number of benzene rings is 3. The fraction of sp³-hybridized carbons (Fsp3) is 0. The number of rotatable bonds is 1. The molecule has 100 valence electrons. The van der Waals surface area contributed by atoms with E-state index in [4.69, 9.17) is 0 Å². The summed E-state index contributed by atoms with van der Waals surface area (Å²) < 4.78 is 13.1. The van der Waals surface area contributed by atoms with Crippen LogP contribution in [0.15, 0.2) is 72.8 Å². The SMILES string of the molecule is Fc1ccc(C=C2c3ccccc3-c3ccccc32)cc1. The molecule has 4 rings (SSSR count). The summed E-state index contributed by atoms with van der Waals surface area (Å²) in [7, 11) is 0. The Hall–Kier alpha value is -2.67. The first-order valence-corrected chi connectivity index (χ1v) is 6.99. The lowest BCUT2D eigenvalue weighted by Gasteiger charge is -2.03. The smallest absolute Gasteiger partial charge is 0.123 e. The van der Waals surface area contributed by atoms with Crippen LogP contribution in [0.4, 0.5) is 4.39 Å². The van der Waals surface area contributed by atoms with Crippen molar-refractivity contribution in [1.82, 2.24) is 0 Å². The molecule has 0 aliphatic heterocycles. The summed E-state index contributed by atoms with van der Waals surface area (Å²) in [5, 5.41) is 0. The fourth-order valence-electron chi connectivity index (χ4n) is 2.93. The monoisotopic (exact) mass is 272 g/mol. The molecule has 0 fully saturated rings. The Kier molecular flexibility index (Phi) is 2.71. The van der Waals surface area contributed by atoms with E-state index in [1.165, 1.54) is 40.0 Å². The minimum Gasteiger partial charge on any atom is -0.207 e. The zero-order valence-corrected chi connectivity index (χ0v) is 11.4. The maximum absolute atomic E-state index is 13.1. The predicted octanol–water partition coefficient (Wildman–Crippen LogP) is 5.40. The topological polar surface area (TPSA) is 0 Å². The van der Waals surface area contributed by atoms with Crippen LogP contribution in [0.5, 0.6) is 0 Å². The van der Waals surface area contributed by atoms with Crippen LogP contribution >= 0.6 is 0 Å². The maximum atomic E-state index is 13.1. The van der Waals surface area contributed by atoms with E-state index >= 15 is 0 Å². The van der Waals surface area contributed by atoms with Gasteiger partial charge in [0.05, 0.1) is 0 Å². The van der Waals surface area contributed by atoms with E-state index in [-0.39, 0.29) is 5.82 Å². The molecule has 0 amide bonds. The van der Waals surface area contributed by atoms with Gasteiger partial charge >= 0.3 is 0 Å². The molecule has 0 spiro atoms. The minimum atomic E-state index is -0.204. The van der Waals surface area contributed by atoms with E-state index in [0.717, 1.165) is 5.56 Å². The second kappa shape index (κ2) is 4.71. The van der Waals surface area contributed by atoms with Gasteiger partial charge in [0.15, 0.2) is 0 Å². The molecule has 1 aliphatic carbocycles. The van der Waals surface area contributed by atoms with Crippen molar-refractivity contribution in [3.8, 4) is 11.1 Å². The molecule has 0 heterocycles. The van der Waals surface area contributed by atoms with Crippen molar-refractivity contribution in [2.45, 2.75) is 0 Å². The Labute approximate surface area is 123 Å². The third kappa shape index (κ3) is 1.98. The average Bonchev–Trinajstić information content (AvgIpc) is 2.85. The third-order valence-corrected chi connectivity index (χ3v) is 3.91. The van der Waals surface area contributed by atoms with E-state index in [9.17, 15) is 4.39 Å². The van der Waals surface area contributed by atoms with Crippen LogP contribution in [0, 0.1) is 5.82 Å². The summed E-state index contributed by atoms with van der Waals surface area (Å²) in [6.07, 6.45) is 2.13. The number of hydrogen-bond acceptors (Lipinski definition) is 0. The molecule has 0 nitrogen and oxygen atoms in total. The van der Waals surface area contributed by atoms with E-state index in [0.29, 0.717) is 0 Å². The first-order valence-electron chi connectivity index (χ1n) is 6.99. The van der Waals surface area contributed by atoms with Gasteiger partial charge in [-0.15, -0.1) is 0 Å². The summed E-state index contributed by atoms with van der Waals surface area (Å²) in [4.78, 5) is 0. The maximum Gasteiger partial charge on any atom is 0.123 e. The summed E-state index contributed by atoms with van der Waals surface area (Å²) >= 11 is 0. The zero-order chi connectivity index (χ0) is 14.2. The number of hydrogen-bond donors (Lipinski definition) is 0. The molecular formula is C20H13F. The van der Waals surface area contributed by atoms with Crippen molar-refractivity contribution in [1.29, 1.82) is 0 Å². The molecule has 0 saturated heterocycles. The Morgan fingerprint density at radius 2 is 1.05 bits per heavy atom. The van der Waals surface area contributed by atoms with E-state index in [1.807, 2.05) is 12.1 Å². The van der Waals surface area contributed by atoms with Gasteiger partial charge in [0.25, 0.3) is 0 Å². The van der Waals surface area contributed by atoms with Gasteiger partial charge < -0.3 is 0 Å². The first kappa shape index (κ1) is 12.1. The third-order valence-electron chi connectivity index (χ3n) is 3.91. The quantitative estimate of drug-likeness (QED) is 0.435. The number of halogens is 1. The van der Waals surface area contributed by atoms with E-state index in [2.05, 4.69) is 54.6 Å². The van der Waals surface area contributed by atoms with Crippen LogP contribution < -0.4 is 0 Å². The van der Waals surface area contributed by atoms with Crippen LogP contribution in [-0.2, 0) is 0 Å². The van der Waals surface area contributed by atoms with E-state index in [1.54, 1.807) is 0 Å². The standard InChI is InChI=1S/C20H13F/c21-15-11-9-14(10-12-15)13-20-18-7-3-1-5-16(18)17-6-2-4-8-19(17)20/h1-13H. The molecule has 1 heteroatoms. The highest BCUT2D eigenvalue weighted by atomic mass is 19.1. The molecule has 3 aromatic rings. The highest BCUT2D eigenvalue weighted by Gasteiger charge is 2.21. The van der Waals surface area contributed by atoms with E-state index < -0.39 is 0 Å². The van der Waals surface area contributed by atoms with Gasteiger partial charge in [-0.3, -0.25) is 0 Å². The van der Waals surface area contributed by atoms with Crippen LogP contribution in [0.1, 0.15) is 16.7 Å². The van der Waals surface area contributed by atoms with Crippen LogP contribution in [0.3, 0.4) is 0 Å². The predicted molar refractivity (Wildman–Crippen MR) is 85.3 cm³/mol. The van der Waals surface area contributed by atoms with Crippen molar-refractivity contribution in [3.63, 3.8) is 0 Å². The molecule has 1 aliphatic rings. The van der Waals surface area contributed by atoms with Crippen molar-refractivity contribution < 1.29 is 4.39 Å². The Morgan fingerprint density at radius 3 is 1.57 bits per heavy atom. The Bertz CT molecular complexity index is 794.